The highest BCUT2D eigenvalue weighted by atomic mass is 16.3. The number of benzene rings is 14. The first-order chi connectivity index (χ1) is 53.8. The van der Waals surface area contributed by atoms with Crippen LogP contribution in [-0.2, 0) is 5.41 Å². The van der Waals surface area contributed by atoms with Gasteiger partial charge in [0.15, 0.2) is 34.9 Å². The second-order valence-electron chi connectivity index (χ2n) is 29.5. The van der Waals surface area contributed by atoms with Gasteiger partial charge < -0.3 is 18.6 Å². The maximum absolute atomic E-state index is 6.62. The van der Waals surface area contributed by atoms with Gasteiger partial charge in [-0.2, -0.15) is 0 Å². The molecule has 18 aromatic rings. The summed E-state index contributed by atoms with van der Waals surface area (Å²) >= 11 is 0. The number of nitrogens with zero attached hydrogens (tertiary/aromatic N) is 8. The number of hydrogen-bond donors (Lipinski definition) is 0. The Bertz CT molecular complexity index is 6670. The Morgan fingerprint density at radius 2 is 0.642 bits per heavy atom. The molecule has 0 N–H and O–H groups in total. The second kappa shape index (κ2) is 24.6. The molecule has 4 unspecified atom stereocenters. The molecule has 0 saturated heterocycles. The number of fused-ring (bicyclic) bond motifs is 23. The van der Waals surface area contributed by atoms with E-state index in [9.17, 15) is 0 Å². The summed E-state index contributed by atoms with van der Waals surface area (Å²) in [7, 11) is 0. The molecule has 514 valence electrons. The van der Waals surface area contributed by atoms with Crippen molar-refractivity contribution in [1.82, 2.24) is 29.9 Å². The fourth-order valence-corrected chi connectivity index (χ4v) is 18.2. The van der Waals surface area contributed by atoms with Crippen LogP contribution in [0.2, 0.25) is 0 Å². The van der Waals surface area contributed by atoms with E-state index in [0.29, 0.717) is 34.9 Å². The van der Waals surface area contributed by atoms with E-state index >= 15 is 0 Å². The van der Waals surface area contributed by atoms with Crippen LogP contribution >= 0.6 is 0 Å². The highest BCUT2D eigenvalue weighted by Gasteiger charge is 2.46. The molecular formula is C99H66N8O2. The van der Waals surface area contributed by atoms with Crippen molar-refractivity contribution in [3.05, 3.63) is 373 Å². The van der Waals surface area contributed by atoms with Gasteiger partial charge in [0.25, 0.3) is 0 Å². The molecule has 0 radical (unpaired) electrons. The van der Waals surface area contributed by atoms with Crippen LogP contribution in [0.4, 0.5) is 22.7 Å². The zero-order chi connectivity index (χ0) is 72.0. The number of furan rings is 2. The third-order valence-electron chi connectivity index (χ3n) is 23.1. The maximum Gasteiger partial charge on any atom is 0.164 e. The van der Waals surface area contributed by atoms with Crippen molar-refractivity contribution in [1.29, 1.82) is 0 Å². The fourth-order valence-electron chi connectivity index (χ4n) is 18.2. The Morgan fingerprint density at radius 1 is 0.284 bits per heavy atom. The first-order valence-electron chi connectivity index (χ1n) is 37.4. The summed E-state index contributed by atoms with van der Waals surface area (Å²) in [5.41, 5.74) is 22.5. The van der Waals surface area contributed by atoms with Crippen LogP contribution in [0.15, 0.2) is 336 Å². The lowest BCUT2D eigenvalue weighted by Crippen LogP contribution is -2.30. The minimum atomic E-state index is -0.0803. The average molecular weight is 1400 g/mol. The third kappa shape index (κ3) is 9.94. The molecule has 2 aliphatic heterocycles. The quantitative estimate of drug-likeness (QED) is 0.136. The van der Waals surface area contributed by atoms with Gasteiger partial charge in [-0.3, -0.25) is 0 Å². The summed E-state index contributed by atoms with van der Waals surface area (Å²) in [5.74, 6) is 5.79. The Labute approximate surface area is 629 Å². The molecule has 3 aliphatic carbocycles. The summed E-state index contributed by atoms with van der Waals surface area (Å²) in [6, 6.07) is 112. The van der Waals surface area contributed by atoms with Gasteiger partial charge in [0.2, 0.25) is 0 Å². The molecule has 0 saturated carbocycles. The summed E-state index contributed by atoms with van der Waals surface area (Å²) in [6.07, 6.45) is 8.99. The molecule has 0 spiro atoms. The van der Waals surface area contributed by atoms with Gasteiger partial charge in [0.05, 0.1) is 12.1 Å². The van der Waals surface area contributed by atoms with Crippen LogP contribution in [0.1, 0.15) is 70.6 Å². The van der Waals surface area contributed by atoms with E-state index in [1.165, 1.54) is 99.6 Å². The Hall–Kier alpha value is -14.0. The number of aromatic nitrogens is 6. The zero-order valence-corrected chi connectivity index (χ0v) is 59.5. The van der Waals surface area contributed by atoms with Gasteiger partial charge in [-0.1, -0.05) is 269 Å². The molecule has 14 aromatic carbocycles. The van der Waals surface area contributed by atoms with Crippen molar-refractivity contribution < 1.29 is 8.83 Å². The van der Waals surface area contributed by atoms with E-state index in [2.05, 4.69) is 242 Å². The van der Waals surface area contributed by atoms with Crippen molar-refractivity contribution in [2.24, 2.45) is 0 Å². The van der Waals surface area contributed by atoms with E-state index in [-0.39, 0.29) is 29.3 Å². The third-order valence-corrected chi connectivity index (χ3v) is 23.1. The van der Waals surface area contributed by atoms with Gasteiger partial charge in [0.1, 0.15) is 22.7 Å². The van der Waals surface area contributed by atoms with Gasteiger partial charge >= 0.3 is 0 Å². The average Bonchev–Trinajstić information content (AvgIpc) is 1.60. The van der Waals surface area contributed by atoms with E-state index in [4.69, 9.17) is 38.7 Å². The summed E-state index contributed by atoms with van der Waals surface area (Å²) in [4.78, 5) is 35.1. The summed E-state index contributed by atoms with van der Waals surface area (Å²) in [6.45, 7) is 4.70. The van der Waals surface area contributed by atoms with Gasteiger partial charge in [0, 0.05) is 95.3 Å². The van der Waals surface area contributed by atoms with Crippen LogP contribution in [0.25, 0.3) is 146 Å². The highest BCUT2D eigenvalue weighted by molar-refractivity contribution is 6.26. The zero-order valence-electron chi connectivity index (χ0n) is 59.5. The molecule has 6 heterocycles. The highest BCUT2D eigenvalue weighted by Crippen LogP contribution is 2.58. The second-order valence-corrected chi connectivity index (χ2v) is 29.5. The molecule has 0 fully saturated rings. The molecule has 10 nitrogen and oxygen atoms in total. The van der Waals surface area contributed by atoms with Crippen molar-refractivity contribution in [3.8, 4) is 79.5 Å². The maximum atomic E-state index is 6.62. The van der Waals surface area contributed by atoms with E-state index in [1.807, 2.05) is 121 Å². The number of para-hydroxylation sites is 2. The Kier molecular flexibility index (Phi) is 14.1. The molecule has 0 bridgehead atoms. The predicted octanol–water partition coefficient (Wildman–Crippen LogP) is 24.4. The monoisotopic (exact) mass is 1400 g/mol. The Balaban J connectivity index is 0.000000135. The standard InChI is InChI=1S/C51H32N4O.C48H34N4O/c1-3-13-31(14-4-1)49-52-50(32-15-5-2-6-16-32)54-51(53-49)33-23-27-45-42(29-33)48-46(56-45)28-26-44-47(48)40-21-11-12-22-43(40)55(44)34-24-25-39-37-19-8-7-17-35(37)36-18-9-10-20-38(36)41(39)30-34;1-48(2)37-19-11-9-17-33(37)34-23-22-32(28-38(34)48)52-39-20-12-10-18-35(39)43-40(52)24-26-42-44(43)36-27-31(21-25-41(36)53-42)47-50-45(29-13-5-3-6-14-29)49-46(51-47)30-15-7-4-8-16-30/h1-30,44,47H;3-28,40,43H,1-2H3. The van der Waals surface area contributed by atoms with Crippen LogP contribution in [0.5, 0.6) is 0 Å². The van der Waals surface area contributed by atoms with Crippen LogP contribution in [0, 0.1) is 0 Å². The molecule has 10 heteroatoms. The minimum absolute atomic E-state index is 0.0556. The van der Waals surface area contributed by atoms with Crippen LogP contribution in [0.3, 0.4) is 0 Å². The molecule has 5 aliphatic rings. The van der Waals surface area contributed by atoms with Crippen molar-refractivity contribution in [2.75, 3.05) is 9.80 Å². The van der Waals surface area contributed by atoms with E-state index < -0.39 is 0 Å². The summed E-state index contributed by atoms with van der Waals surface area (Å²) < 4.78 is 13.2. The predicted molar refractivity (Wildman–Crippen MR) is 441 cm³/mol. The number of hydrogen-bond acceptors (Lipinski definition) is 10. The van der Waals surface area contributed by atoms with Crippen molar-refractivity contribution in [2.45, 2.75) is 43.2 Å². The van der Waals surface area contributed by atoms with Gasteiger partial charge in [-0.25, -0.2) is 29.9 Å². The SMILES string of the molecule is C1=CC2C(c3ccccc3N2c2ccc3c4ccccc4c4ccccc4c3c2)c2c1oc1ccc(-c3nc(-c4ccccc4)nc(-c4ccccc4)n3)cc21.CC1(C)c2ccccc2-c2ccc(N3c4ccccc4C4c5c(oc6ccc(-c7nc(-c8ccccc8)nc(-c8ccccc8)n7)cc56)C=CC43)cc21. The molecule has 0 amide bonds. The van der Waals surface area contributed by atoms with Crippen molar-refractivity contribution in [3.63, 3.8) is 0 Å². The normalized spacial score (nSPS) is 16.5. The lowest BCUT2D eigenvalue weighted by Gasteiger charge is -2.31. The van der Waals surface area contributed by atoms with Crippen LogP contribution in [-0.4, -0.2) is 42.0 Å². The molecular weight excluding hydrogens is 1330 g/mol. The van der Waals surface area contributed by atoms with Gasteiger partial charge in [-0.05, 0) is 151 Å². The largest absolute Gasteiger partial charge is 0.456 e. The molecule has 4 aromatic heterocycles. The topological polar surface area (TPSA) is 110 Å². The first-order valence-corrected chi connectivity index (χ1v) is 37.4. The van der Waals surface area contributed by atoms with Crippen molar-refractivity contribution >= 4 is 89.2 Å². The number of anilines is 4. The smallest absolute Gasteiger partial charge is 0.164 e. The first kappa shape index (κ1) is 62.4. The lowest BCUT2D eigenvalue weighted by atomic mass is 9.82. The lowest BCUT2D eigenvalue weighted by molar-refractivity contribution is 0.584. The fraction of sp³-hybridized carbons (Fsp3) is 0.0707. The summed E-state index contributed by atoms with van der Waals surface area (Å²) in [5, 5.41) is 9.81. The Morgan fingerprint density at radius 3 is 1.10 bits per heavy atom. The van der Waals surface area contributed by atoms with Gasteiger partial charge in [-0.15, -0.1) is 0 Å². The number of rotatable bonds is 8. The molecule has 109 heavy (non-hydrogen) atoms. The molecule has 4 atom stereocenters. The van der Waals surface area contributed by atoms with Crippen LogP contribution < -0.4 is 9.80 Å². The minimum Gasteiger partial charge on any atom is -0.456 e. The molecule has 23 rings (SSSR count). The van der Waals surface area contributed by atoms with E-state index in [1.54, 1.807) is 0 Å². The van der Waals surface area contributed by atoms with E-state index in [0.717, 1.165) is 66.8 Å².